The van der Waals surface area contributed by atoms with Crippen molar-refractivity contribution in [3.05, 3.63) is 101 Å². The molecule has 4 aromatic carbocycles. The van der Waals surface area contributed by atoms with Crippen LogP contribution in [-0.4, -0.2) is 81.8 Å². The minimum absolute atomic E-state index is 0.00306. The van der Waals surface area contributed by atoms with Gasteiger partial charge in [0.2, 0.25) is 5.91 Å². The van der Waals surface area contributed by atoms with Crippen LogP contribution >= 0.6 is 11.6 Å². The highest BCUT2D eigenvalue weighted by atomic mass is 35.5. The molecule has 2 heterocycles. The third kappa shape index (κ3) is 12.5. The zero-order valence-electron chi connectivity index (χ0n) is 38.8. The summed E-state index contributed by atoms with van der Waals surface area (Å²) in [5, 5.41) is 12.6. The van der Waals surface area contributed by atoms with Gasteiger partial charge in [0.1, 0.15) is 23.0 Å². The van der Waals surface area contributed by atoms with Crippen LogP contribution in [0.4, 0.5) is 10.5 Å². The number of amides is 2. The number of halogens is 1. The number of rotatable bonds is 15. The predicted molar refractivity (Wildman–Crippen MR) is 252 cm³/mol. The fourth-order valence-electron chi connectivity index (χ4n) is 7.51. The second-order valence-electron chi connectivity index (χ2n) is 19.3. The molecule has 0 radical (unpaired) electrons. The van der Waals surface area contributed by atoms with Crippen LogP contribution in [-0.2, 0) is 43.4 Å². The van der Waals surface area contributed by atoms with Crippen molar-refractivity contribution < 1.29 is 33.3 Å². The number of hydrogen-bond acceptors (Lipinski definition) is 10. The van der Waals surface area contributed by atoms with Crippen molar-refractivity contribution in [2.75, 3.05) is 26.0 Å². The summed E-state index contributed by atoms with van der Waals surface area (Å²) in [4.78, 5) is 39.9. The monoisotopic (exact) mass is 894 g/mol. The van der Waals surface area contributed by atoms with Crippen LogP contribution in [0.15, 0.2) is 79.0 Å². The molecule has 64 heavy (non-hydrogen) atoms. The molecule has 0 bridgehead atoms. The molecule has 13 nitrogen and oxygen atoms in total. The number of esters is 1. The number of methoxy groups -OCH3 is 1. The summed E-state index contributed by atoms with van der Waals surface area (Å²) in [6.07, 6.45) is 2.54. The highest BCUT2D eigenvalue weighted by Gasteiger charge is 2.30. The van der Waals surface area contributed by atoms with E-state index in [-0.39, 0.29) is 25.1 Å². The zero-order chi connectivity index (χ0) is 46.6. The number of fused-ring (bicyclic) bond motifs is 1. The molecule has 0 spiro atoms. The first kappa shape index (κ1) is 47.8. The van der Waals surface area contributed by atoms with E-state index in [1.54, 1.807) is 12.0 Å². The van der Waals surface area contributed by atoms with Crippen LogP contribution in [0.3, 0.4) is 0 Å². The number of nitrogen functional groups attached to an aromatic ring is 1. The molecular formula is C50H63ClN6O7. The highest BCUT2D eigenvalue weighted by Crippen LogP contribution is 2.40. The molecule has 4 N–H and O–H groups in total. The highest BCUT2D eigenvalue weighted by molar-refractivity contribution is 6.36. The van der Waals surface area contributed by atoms with E-state index in [2.05, 4.69) is 10.6 Å². The van der Waals surface area contributed by atoms with Gasteiger partial charge in [-0.2, -0.15) is 5.10 Å². The minimum atomic E-state index is -0.711. The van der Waals surface area contributed by atoms with Crippen molar-refractivity contribution >= 4 is 46.2 Å². The van der Waals surface area contributed by atoms with E-state index in [1.807, 2.05) is 146 Å². The van der Waals surface area contributed by atoms with Crippen molar-refractivity contribution in [1.29, 1.82) is 0 Å². The van der Waals surface area contributed by atoms with Crippen LogP contribution in [0, 0.1) is 0 Å². The number of ether oxygens (including phenoxy) is 4. The van der Waals surface area contributed by atoms with E-state index < -0.39 is 34.9 Å². The van der Waals surface area contributed by atoms with Crippen molar-refractivity contribution in [2.24, 2.45) is 0 Å². The maximum atomic E-state index is 13.2. The second-order valence-corrected chi connectivity index (χ2v) is 19.7. The molecule has 342 valence electrons. The first-order valence-electron chi connectivity index (χ1n) is 21.7. The largest absolute Gasteiger partial charge is 0.496 e. The fraction of sp³-hybridized carbons (Fsp3) is 0.440. The van der Waals surface area contributed by atoms with Crippen LogP contribution < -0.4 is 21.1 Å². The molecule has 2 atom stereocenters. The molecule has 6 rings (SSSR count). The molecule has 5 aromatic rings. The van der Waals surface area contributed by atoms with Crippen molar-refractivity contribution in [3.63, 3.8) is 0 Å². The van der Waals surface area contributed by atoms with E-state index in [0.29, 0.717) is 48.9 Å². The number of benzene rings is 4. The Balaban J connectivity index is 1.20. The molecular weight excluding hydrogens is 832 g/mol. The van der Waals surface area contributed by atoms with Gasteiger partial charge in [-0.3, -0.25) is 19.6 Å². The van der Waals surface area contributed by atoms with Gasteiger partial charge in [-0.25, -0.2) is 4.79 Å². The molecule has 0 aliphatic carbocycles. The number of nitrogens with zero attached hydrogens (tertiary/aromatic N) is 3. The standard InChI is InChI=1S/C50H63ClN6O7/c1-48(2,3)62-30-41(46(59)63-49(4,5)6)53-25-33-23-40(52)34(24-43(33)61-10)28-57-42-16-12-14-37(39(42)26-54-57)38-15-11-13-36(45(38)51)32-19-17-31(18-20-32)27-56(47(60)64-50(7,8)9)29-35-21-22-44(58)55-35/h11-20,23-24,26,35,41,53H,21-22,25,27-30,52H2,1-10H3,(H,55,58)/t35-,41-/m0/s1. The van der Waals surface area contributed by atoms with Gasteiger partial charge in [0.25, 0.3) is 0 Å². The Morgan fingerprint density at radius 3 is 2.22 bits per heavy atom. The lowest BCUT2D eigenvalue weighted by molar-refractivity contribution is -0.160. The van der Waals surface area contributed by atoms with Gasteiger partial charge in [-0.05, 0) is 104 Å². The Hall–Kier alpha value is -5.63. The number of nitrogens with one attached hydrogen (secondary N) is 2. The van der Waals surface area contributed by atoms with Crippen LogP contribution in [0.2, 0.25) is 5.02 Å². The number of nitrogens with two attached hydrogens (primary N) is 1. The fourth-order valence-corrected chi connectivity index (χ4v) is 7.85. The SMILES string of the molecule is COc1cc(Cn2ncc3c(-c4cccc(-c5ccc(CN(C[C@@H]6CCC(=O)N6)C(=O)OC(C)(C)C)cc5)c4Cl)cccc32)c(N)cc1CN[C@@H](COC(C)(C)C)C(=O)OC(C)(C)C. The van der Waals surface area contributed by atoms with E-state index >= 15 is 0 Å². The summed E-state index contributed by atoms with van der Waals surface area (Å²) in [7, 11) is 1.61. The van der Waals surface area contributed by atoms with E-state index in [1.165, 1.54) is 0 Å². The summed E-state index contributed by atoms with van der Waals surface area (Å²) in [5.74, 6) is 0.211. The lowest BCUT2D eigenvalue weighted by atomic mass is 9.96. The Bertz CT molecular complexity index is 2460. The number of carbonyl (C=O) groups excluding carboxylic acids is 3. The summed E-state index contributed by atoms with van der Waals surface area (Å²) < 4.78 is 25.1. The Morgan fingerprint density at radius 1 is 0.906 bits per heavy atom. The second kappa shape index (κ2) is 19.6. The maximum Gasteiger partial charge on any atom is 0.410 e. The van der Waals surface area contributed by atoms with Crippen molar-refractivity contribution in [3.8, 4) is 28.0 Å². The van der Waals surface area contributed by atoms with Gasteiger partial charge in [0, 0.05) is 65.4 Å². The van der Waals surface area contributed by atoms with Crippen LogP contribution in [0.25, 0.3) is 33.2 Å². The first-order chi connectivity index (χ1) is 30.1. The van der Waals surface area contributed by atoms with Gasteiger partial charge < -0.3 is 34.9 Å². The summed E-state index contributed by atoms with van der Waals surface area (Å²) in [6, 6.07) is 23.0. The van der Waals surface area contributed by atoms with Gasteiger partial charge in [0.05, 0.1) is 42.6 Å². The smallest absolute Gasteiger partial charge is 0.410 e. The Kier molecular flexibility index (Phi) is 14.7. The summed E-state index contributed by atoms with van der Waals surface area (Å²) >= 11 is 7.25. The molecule has 1 saturated heterocycles. The Morgan fingerprint density at radius 2 is 1.58 bits per heavy atom. The molecule has 1 aliphatic heterocycles. The van der Waals surface area contributed by atoms with E-state index in [9.17, 15) is 14.4 Å². The minimum Gasteiger partial charge on any atom is -0.496 e. The van der Waals surface area contributed by atoms with Crippen LogP contribution in [0.5, 0.6) is 5.75 Å². The van der Waals surface area contributed by atoms with E-state index in [0.717, 1.165) is 49.8 Å². The number of anilines is 1. The quantitative estimate of drug-likeness (QED) is 0.0683. The number of aromatic nitrogens is 2. The Labute approximate surface area is 381 Å². The molecule has 1 fully saturated rings. The number of carbonyl (C=O) groups is 3. The predicted octanol–water partition coefficient (Wildman–Crippen LogP) is 9.29. The molecule has 1 aromatic heterocycles. The topological polar surface area (TPSA) is 159 Å². The lowest BCUT2D eigenvalue weighted by Gasteiger charge is -2.29. The molecule has 0 unspecified atom stereocenters. The molecule has 1 aliphatic rings. The van der Waals surface area contributed by atoms with Gasteiger partial charge in [0.15, 0.2) is 0 Å². The average molecular weight is 896 g/mol. The van der Waals surface area contributed by atoms with E-state index in [4.69, 9.17) is 41.4 Å². The third-order valence-electron chi connectivity index (χ3n) is 10.6. The van der Waals surface area contributed by atoms with Crippen LogP contribution in [0.1, 0.15) is 91.8 Å². The molecule has 2 amide bonds. The summed E-state index contributed by atoms with van der Waals surface area (Å²) in [5.41, 5.74) is 12.5. The third-order valence-corrected chi connectivity index (χ3v) is 11.0. The maximum absolute atomic E-state index is 13.2. The molecule has 14 heteroatoms. The normalized spacial score (nSPS) is 14.9. The first-order valence-corrected chi connectivity index (χ1v) is 22.1. The van der Waals surface area contributed by atoms with Gasteiger partial charge in [-0.15, -0.1) is 0 Å². The van der Waals surface area contributed by atoms with Crippen molar-refractivity contribution in [1.82, 2.24) is 25.3 Å². The average Bonchev–Trinajstić information content (AvgIpc) is 3.82. The summed E-state index contributed by atoms with van der Waals surface area (Å²) in [6.45, 7) is 18.3. The molecule has 0 saturated carbocycles. The lowest BCUT2D eigenvalue weighted by Crippen LogP contribution is -2.45. The van der Waals surface area contributed by atoms with Crippen molar-refractivity contribution in [2.45, 2.75) is 124 Å². The van der Waals surface area contributed by atoms with Gasteiger partial charge in [-0.1, -0.05) is 66.2 Å². The number of hydrogen-bond donors (Lipinski definition) is 3. The zero-order valence-corrected chi connectivity index (χ0v) is 39.5. The van der Waals surface area contributed by atoms with Gasteiger partial charge >= 0.3 is 12.1 Å².